The number of benzene rings is 2. The van der Waals surface area contributed by atoms with Gasteiger partial charge in [-0.1, -0.05) is 46.2 Å². The van der Waals surface area contributed by atoms with E-state index in [1.54, 1.807) is 0 Å². The number of hydrogen-bond donors (Lipinski definition) is 1. The monoisotopic (exact) mass is 443 g/mol. The van der Waals surface area contributed by atoms with Crippen molar-refractivity contribution in [1.29, 1.82) is 0 Å². The Morgan fingerprint density at radius 1 is 1.21 bits per heavy atom. The van der Waals surface area contributed by atoms with Crippen molar-refractivity contribution in [3.05, 3.63) is 64.0 Å². The van der Waals surface area contributed by atoms with Crippen LogP contribution in [-0.4, -0.2) is 22.2 Å². The lowest BCUT2D eigenvalue weighted by Crippen LogP contribution is -2.37. The Balaban J connectivity index is 1.60. The fourth-order valence-corrected chi connectivity index (χ4v) is 3.02. The van der Waals surface area contributed by atoms with E-state index in [2.05, 4.69) is 31.4 Å². The molecule has 1 unspecified atom stereocenters. The van der Waals surface area contributed by atoms with E-state index in [0.29, 0.717) is 23.9 Å². The Morgan fingerprint density at radius 3 is 2.75 bits per heavy atom. The summed E-state index contributed by atoms with van der Waals surface area (Å²) in [7, 11) is 0. The highest BCUT2D eigenvalue weighted by Gasteiger charge is 2.19. The molecule has 3 rings (SSSR count). The van der Waals surface area contributed by atoms with E-state index in [1.165, 1.54) is 5.56 Å². The third-order valence-electron chi connectivity index (χ3n) is 4.38. The summed E-state index contributed by atoms with van der Waals surface area (Å²) in [5, 5.41) is 6.77. The predicted octanol–water partition coefficient (Wildman–Crippen LogP) is 4.59. The van der Waals surface area contributed by atoms with Crippen LogP contribution in [0.4, 0.5) is 0 Å². The smallest absolute Gasteiger partial charge is 0.261 e. The van der Waals surface area contributed by atoms with Crippen molar-refractivity contribution in [2.45, 2.75) is 39.8 Å². The number of aryl methyl sites for hydroxylation is 2. The van der Waals surface area contributed by atoms with Crippen molar-refractivity contribution >= 4 is 21.8 Å². The van der Waals surface area contributed by atoms with Gasteiger partial charge in [-0.15, -0.1) is 0 Å². The predicted molar refractivity (Wildman–Crippen MR) is 110 cm³/mol. The van der Waals surface area contributed by atoms with E-state index in [0.717, 1.165) is 15.6 Å². The second kappa shape index (κ2) is 9.01. The normalized spacial score (nSPS) is 11.9. The topological polar surface area (TPSA) is 77.2 Å². The van der Waals surface area contributed by atoms with E-state index >= 15 is 0 Å². The van der Waals surface area contributed by atoms with Crippen molar-refractivity contribution < 1.29 is 14.1 Å². The maximum Gasteiger partial charge on any atom is 0.261 e. The first-order valence-corrected chi connectivity index (χ1v) is 9.85. The van der Waals surface area contributed by atoms with Crippen molar-refractivity contribution in [3.8, 4) is 17.1 Å². The molecule has 0 aliphatic rings. The molecule has 3 aromatic rings. The van der Waals surface area contributed by atoms with Gasteiger partial charge in [-0.05, 0) is 55.7 Å². The minimum absolute atomic E-state index is 0.145. The molecule has 1 amide bonds. The molecule has 7 heteroatoms. The summed E-state index contributed by atoms with van der Waals surface area (Å²) in [4.78, 5) is 16.8. The van der Waals surface area contributed by atoms with Gasteiger partial charge in [0.2, 0.25) is 11.7 Å². The van der Waals surface area contributed by atoms with Gasteiger partial charge < -0.3 is 14.6 Å². The SMILES string of the molecule is CCC(Oc1ccc(C)c(C)c1)C(=O)NCc1nc(-c2cccc(Br)c2)no1. The van der Waals surface area contributed by atoms with Crippen LogP contribution in [0.15, 0.2) is 51.5 Å². The standard InChI is InChI=1S/C21H22BrN3O3/c1-4-18(27-17-9-8-13(2)14(3)10-17)21(26)23-12-19-24-20(25-28-19)15-6-5-7-16(22)11-15/h5-11,18H,4,12H2,1-3H3,(H,23,26). The quantitative estimate of drug-likeness (QED) is 0.577. The zero-order chi connectivity index (χ0) is 20.1. The summed E-state index contributed by atoms with van der Waals surface area (Å²) in [6.07, 6.45) is -0.0409. The number of carbonyl (C=O) groups excluding carboxylic acids is 1. The highest BCUT2D eigenvalue weighted by Crippen LogP contribution is 2.21. The van der Waals surface area contributed by atoms with Gasteiger partial charge in [0.25, 0.3) is 5.91 Å². The molecule has 146 valence electrons. The number of aromatic nitrogens is 2. The van der Waals surface area contributed by atoms with Crippen LogP contribution >= 0.6 is 15.9 Å². The van der Waals surface area contributed by atoms with E-state index in [9.17, 15) is 4.79 Å². The van der Waals surface area contributed by atoms with E-state index in [4.69, 9.17) is 9.26 Å². The van der Waals surface area contributed by atoms with Crippen LogP contribution in [0.2, 0.25) is 0 Å². The lowest BCUT2D eigenvalue weighted by molar-refractivity contribution is -0.128. The highest BCUT2D eigenvalue weighted by molar-refractivity contribution is 9.10. The fourth-order valence-electron chi connectivity index (χ4n) is 2.62. The molecule has 0 bridgehead atoms. The van der Waals surface area contributed by atoms with E-state index < -0.39 is 6.10 Å². The number of nitrogens with one attached hydrogen (secondary N) is 1. The zero-order valence-corrected chi connectivity index (χ0v) is 17.6. The second-order valence-corrected chi connectivity index (χ2v) is 7.42. The lowest BCUT2D eigenvalue weighted by atomic mass is 10.1. The Bertz CT molecular complexity index is 971. The van der Waals surface area contributed by atoms with Gasteiger partial charge in [-0.25, -0.2) is 0 Å². The number of ether oxygens (including phenoxy) is 1. The van der Waals surface area contributed by atoms with Gasteiger partial charge in [-0.2, -0.15) is 4.98 Å². The summed E-state index contributed by atoms with van der Waals surface area (Å²) < 4.78 is 12.0. The third-order valence-corrected chi connectivity index (χ3v) is 4.88. The average molecular weight is 444 g/mol. The molecule has 0 aliphatic carbocycles. The summed E-state index contributed by atoms with van der Waals surface area (Å²) in [6, 6.07) is 13.4. The third kappa shape index (κ3) is 4.98. The summed E-state index contributed by atoms with van der Waals surface area (Å²) >= 11 is 3.42. The van der Waals surface area contributed by atoms with Crippen LogP contribution in [-0.2, 0) is 11.3 Å². The van der Waals surface area contributed by atoms with E-state index in [1.807, 2.05) is 63.2 Å². The van der Waals surface area contributed by atoms with Crippen molar-refractivity contribution in [2.75, 3.05) is 0 Å². The molecule has 28 heavy (non-hydrogen) atoms. The summed E-state index contributed by atoms with van der Waals surface area (Å²) in [5.41, 5.74) is 3.14. The molecule has 0 radical (unpaired) electrons. The Hall–Kier alpha value is -2.67. The van der Waals surface area contributed by atoms with Crippen molar-refractivity contribution in [3.63, 3.8) is 0 Å². The number of halogens is 1. The van der Waals surface area contributed by atoms with E-state index in [-0.39, 0.29) is 12.5 Å². The molecular formula is C21H22BrN3O3. The van der Waals surface area contributed by atoms with Crippen LogP contribution in [0.3, 0.4) is 0 Å². The first-order valence-electron chi connectivity index (χ1n) is 9.06. The minimum atomic E-state index is -0.588. The lowest BCUT2D eigenvalue weighted by Gasteiger charge is -2.17. The molecule has 0 saturated carbocycles. The molecule has 1 N–H and O–H groups in total. The summed E-state index contributed by atoms with van der Waals surface area (Å²) in [6.45, 7) is 6.10. The number of amides is 1. The largest absolute Gasteiger partial charge is 0.481 e. The Kier molecular flexibility index (Phi) is 6.46. The van der Waals surface area contributed by atoms with Crippen LogP contribution in [0.25, 0.3) is 11.4 Å². The van der Waals surface area contributed by atoms with Crippen LogP contribution in [0, 0.1) is 13.8 Å². The first-order chi connectivity index (χ1) is 13.5. The number of hydrogen-bond acceptors (Lipinski definition) is 5. The minimum Gasteiger partial charge on any atom is -0.481 e. The fraction of sp³-hybridized carbons (Fsp3) is 0.286. The molecule has 0 saturated heterocycles. The molecule has 1 atom stereocenters. The van der Waals surface area contributed by atoms with Gasteiger partial charge in [0, 0.05) is 10.0 Å². The molecule has 1 heterocycles. The maximum absolute atomic E-state index is 12.5. The van der Waals surface area contributed by atoms with Crippen LogP contribution in [0.5, 0.6) is 5.75 Å². The Labute approximate surface area is 172 Å². The molecule has 6 nitrogen and oxygen atoms in total. The molecule has 0 aliphatic heterocycles. The van der Waals surface area contributed by atoms with Gasteiger partial charge in [0.05, 0.1) is 6.54 Å². The molecule has 0 spiro atoms. The molecule has 2 aromatic carbocycles. The molecule has 1 aromatic heterocycles. The molecule has 0 fully saturated rings. The Morgan fingerprint density at radius 2 is 2.04 bits per heavy atom. The first kappa shape index (κ1) is 20.1. The second-order valence-electron chi connectivity index (χ2n) is 6.50. The highest BCUT2D eigenvalue weighted by atomic mass is 79.9. The number of carbonyl (C=O) groups is 1. The van der Waals surface area contributed by atoms with Crippen molar-refractivity contribution in [1.82, 2.24) is 15.5 Å². The summed E-state index contributed by atoms with van der Waals surface area (Å²) in [5.74, 6) is 1.27. The van der Waals surface area contributed by atoms with Gasteiger partial charge in [0.1, 0.15) is 5.75 Å². The zero-order valence-electron chi connectivity index (χ0n) is 16.0. The van der Waals surface area contributed by atoms with Gasteiger partial charge >= 0.3 is 0 Å². The number of rotatable bonds is 7. The molecular weight excluding hydrogens is 422 g/mol. The maximum atomic E-state index is 12.5. The number of nitrogens with zero attached hydrogens (tertiary/aromatic N) is 2. The van der Waals surface area contributed by atoms with Crippen LogP contribution in [0.1, 0.15) is 30.4 Å². The van der Waals surface area contributed by atoms with Crippen molar-refractivity contribution in [2.24, 2.45) is 0 Å². The van der Waals surface area contributed by atoms with Crippen LogP contribution < -0.4 is 10.1 Å². The average Bonchev–Trinajstić information content (AvgIpc) is 3.16. The van der Waals surface area contributed by atoms with Gasteiger partial charge in [-0.3, -0.25) is 4.79 Å². The van der Waals surface area contributed by atoms with Gasteiger partial charge in [0.15, 0.2) is 6.10 Å².